The van der Waals surface area contributed by atoms with Crippen molar-refractivity contribution >= 4 is 5.91 Å². The molecule has 1 atom stereocenters. The molecule has 0 aromatic carbocycles. The molecule has 1 unspecified atom stereocenters. The topological polar surface area (TPSA) is 60.0 Å². The molecule has 2 saturated carbocycles. The lowest BCUT2D eigenvalue weighted by molar-refractivity contribution is -0.122. The number of nitrogens with one attached hydrogen (secondary N) is 1. The van der Waals surface area contributed by atoms with Crippen LogP contribution in [-0.4, -0.2) is 16.5 Å². The number of carbonyl (C=O) groups excluding carboxylic acids is 1. The van der Waals surface area contributed by atoms with Gasteiger partial charge in [0, 0.05) is 24.5 Å². The van der Waals surface area contributed by atoms with E-state index >= 15 is 0 Å². The molecule has 4 nitrogen and oxygen atoms in total. The van der Waals surface area contributed by atoms with Crippen molar-refractivity contribution in [3.05, 3.63) is 24.0 Å². The van der Waals surface area contributed by atoms with Crippen molar-refractivity contribution in [3.8, 4) is 0 Å². The second kappa shape index (κ2) is 5.37. The Bertz CT molecular complexity index is 444. The van der Waals surface area contributed by atoms with Crippen LogP contribution in [0.25, 0.3) is 0 Å². The molecule has 0 aliphatic heterocycles. The Balaban J connectivity index is 1.52. The fourth-order valence-electron chi connectivity index (χ4n) is 2.99. The van der Waals surface area contributed by atoms with Crippen LogP contribution >= 0.6 is 0 Å². The second-order valence-electron chi connectivity index (χ2n) is 6.03. The Morgan fingerprint density at radius 3 is 2.79 bits per heavy atom. The van der Waals surface area contributed by atoms with E-state index in [1.807, 2.05) is 23.0 Å². The zero-order chi connectivity index (χ0) is 13.2. The van der Waals surface area contributed by atoms with Crippen molar-refractivity contribution in [2.24, 2.45) is 11.7 Å². The summed E-state index contributed by atoms with van der Waals surface area (Å²) in [4.78, 5) is 11.9. The maximum absolute atomic E-state index is 11.9. The van der Waals surface area contributed by atoms with Gasteiger partial charge in [0.2, 0.25) is 5.91 Å². The van der Waals surface area contributed by atoms with Crippen LogP contribution in [0.1, 0.15) is 50.1 Å². The zero-order valence-electron chi connectivity index (χ0n) is 11.3. The van der Waals surface area contributed by atoms with Crippen molar-refractivity contribution in [2.75, 3.05) is 0 Å². The van der Waals surface area contributed by atoms with E-state index in [0.29, 0.717) is 18.5 Å². The first kappa shape index (κ1) is 12.7. The molecule has 3 N–H and O–H groups in total. The monoisotopic (exact) mass is 261 g/mol. The summed E-state index contributed by atoms with van der Waals surface area (Å²) in [5.74, 6) is 0.775. The first-order chi connectivity index (χ1) is 9.22. The Morgan fingerprint density at radius 2 is 2.11 bits per heavy atom. The highest BCUT2D eigenvalue weighted by Gasteiger charge is 2.29. The first-order valence-electron chi connectivity index (χ1n) is 7.43. The predicted octanol–water partition coefficient (Wildman–Crippen LogP) is 1.96. The van der Waals surface area contributed by atoms with Gasteiger partial charge in [-0.15, -0.1) is 0 Å². The number of aromatic nitrogens is 1. The quantitative estimate of drug-likeness (QED) is 0.851. The van der Waals surface area contributed by atoms with Gasteiger partial charge < -0.3 is 15.6 Å². The third kappa shape index (κ3) is 3.18. The van der Waals surface area contributed by atoms with E-state index in [1.165, 1.54) is 25.7 Å². The molecule has 2 aliphatic rings. The van der Waals surface area contributed by atoms with Gasteiger partial charge in [0.05, 0.1) is 0 Å². The zero-order valence-corrected chi connectivity index (χ0v) is 11.3. The van der Waals surface area contributed by atoms with Crippen molar-refractivity contribution in [1.29, 1.82) is 0 Å². The molecule has 4 heteroatoms. The Hall–Kier alpha value is -1.29. The van der Waals surface area contributed by atoms with Gasteiger partial charge in [0.1, 0.15) is 6.54 Å². The Labute approximate surface area is 114 Å². The van der Waals surface area contributed by atoms with Crippen LogP contribution in [0.4, 0.5) is 0 Å². The number of amides is 1. The van der Waals surface area contributed by atoms with Gasteiger partial charge in [-0.25, -0.2) is 0 Å². The highest BCUT2D eigenvalue weighted by Crippen LogP contribution is 2.39. The number of rotatable bonds is 5. The molecule has 1 amide bonds. The van der Waals surface area contributed by atoms with Gasteiger partial charge in [-0.05, 0) is 43.2 Å². The van der Waals surface area contributed by atoms with Crippen molar-refractivity contribution in [1.82, 2.24) is 9.88 Å². The number of nitrogens with zero attached hydrogens (tertiary/aromatic N) is 1. The van der Waals surface area contributed by atoms with E-state index < -0.39 is 0 Å². The average Bonchev–Trinajstić information content (AvgIpc) is 2.92. The standard InChI is InChI=1S/C15H23N3O/c16-15(11-5-6-11)12-7-8-18(9-12)10-14(19)17-13-3-1-2-4-13/h7-9,11,13,15H,1-6,10,16H2,(H,17,19). The van der Waals surface area contributed by atoms with Crippen LogP contribution in [0.2, 0.25) is 0 Å². The molecule has 0 spiro atoms. The van der Waals surface area contributed by atoms with Crippen LogP contribution in [0.15, 0.2) is 18.5 Å². The van der Waals surface area contributed by atoms with E-state index in [4.69, 9.17) is 5.73 Å². The smallest absolute Gasteiger partial charge is 0.240 e. The molecule has 1 aromatic rings. The minimum absolute atomic E-state index is 0.119. The fourth-order valence-corrected chi connectivity index (χ4v) is 2.99. The predicted molar refractivity (Wildman–Crippen MR) is 74.5 cm³/mol. The van der Waals surface area contributed by atoms with Gasteiger partial charge in [0.25, 0.3) is 0 Å². The summed E-state index contributed by atoms with van der Waals surface area (Å²) in [5.41, 5.74) is 7.33. The molecule has 104 valence electrons. The average molecular weight is 261 g/mol. The van der Waals surface area contributed by atoms with Crippen LogP contribution in [0, 0.1) is 5.92 Å². The van der Waals surface area contributed by atoms with E-state index in [0.717, 1.165) is 18.4 Å². The van der Waals surface area contributed by atoms with Crippen LogP contribution < -0.4 is 11.1 Å². The van der Waals surface area contributed by atoms with Gasteiger partial charge >= 0.3 is 0 Å². The highest BCUT2D eigenvalue weighted by atomic mass is 16.2. The van der Waals surface area contributed by atoms with Crippen molar-refractivity contribution < 1.29 is 4.79 Å². The minimum Gasteiger partial charge on any atom is -0.352 e. The summed E-state index contributed by atoms with van der Waals surface area (Å²) in [6.45, 7) is 0.411. The third-order valence-electron chi connectivity index (χ3n) is 4.33. The molecule has 0 bridgehead atoms. The number of carbonyl (C=O) groups is 1. The molecule has 1 heterocycles. The molecule has 2 fully saturated rings. The summed E-state index contributed by atoms with van der Waals surface area (Å²) < 4.78 is 1.95. The second-order valence-corrected chi connectivity index (χ2v) is 6.03. The molecule has 3 rings (SSSR count). The van der Waals surface area contributed by atoms with Gasteiger partial charge in [-0.2, -0.15) is 0 Å². The van der Waals surface area contributed by atoms with Crippen LogP contribution in [0.5, 0.6) is 0 Å². The van der Waals surface area contributed by atoms with E-state index in [1.54, 1.807) is 0 Å². The summed E-state index contributed by atoms with van der Waals surface area (Å²) in [7, 11) is 0. The summed E-state index contributed by atoms with van der Waals surface area (Å²) in [6.07, 6.45) is 11.2. The number of nitrogens with two attached hydrogens (primary N) is 1. The maximum atomic E-state index is 11.9. The molecule has 0 radical (unpaired) electrons. The van der Waals surface area contributed by atoms with E-state index in [2.05, 4.69) is 5.32 Å². The highest BCUT2D eigenvalue weighted by molar-refractivity contribution is 5.76. The molecule has 2 aliphatic carbocycles. The minimum atomic E-state index is 0.119. The van der Waals surface area contributed by atoms with Crippen molar-refractivity contribution in [3.63, 3.8) is 0 Å². The largest absolute Gasteiger partial charge is 0.352 e. The van der Waals surface area contributed by atoms with E-state index in [-0.39, 0.29) is 11.9 Å². The van der Waals surface area contributed by atoms with Crippen LogP contribution in [-0.2, 0) is 11.3 Å². The van der Waals surface area contributed by atoms with Gasteiger partial charge in [0.15, 0.2) is 0 Å². The number of hydrogen-bond donors (Lipinski definition) is 2. The molecular weight excluding hydrogens is 238 g/mol. The normalized spacial score (nSPS) is 21.5. The lowest BCUT2D eigenvalue weighted by Gasteiger charge is -2.12. The Kier molecular flexibility index (Phi) is 3.60. The van der Waals surface area contributed by atoms with Crippen LogP contribution in [0.3, 0.4) is 0 Å². The molecule has 1 aromatic heterocycles. The van der Waals surface area contributed by atoms with Gasteiger partial charge in [-0.3, -0.25) is 4.79 Å². The fraction of sp³-hybridized carbons (Fsp3) is 0.667. The van der Waals surface area contributed by atoms with Crippen molar-refractivity contribution in [2.45, 2.75) is 57.2 Å². The lowest BCUT2D eigenvalue weighted by Crippen LogP contribution is -2.34. The van der Waals surface area contributed by atoms with Gasteiger partial charge in [-0.1, -0.05) is 12.8 Å². The number of hydrogen-bond acceptors (Lipinski definition) is 2. The lowest BCUT2D eigenvalue weighted by atomic mass is 10.1. The van der Waals surface area contributed by atoms with E-state index in [9.17, 15) is 4.79 Å². The molecule has 0 saturated heterocycles. The summed E-state index contributed by atoms with van der Waals surface area (Å²) >= 11 is 0. The summed E-state index contributed by atoms with van der Waals surface area (Å²) in [6, 6.07) is 2.60. The summed E-state index contributed by atoms with van der Waals surface area (Å²) in [5, 5.41) is 3.11. The Morgan fingerprint density at radius 1 is 1.37 bits per heavy atom. The molecule has 19 heavy (non-hydrogen) atoms. The molecular formula is C15H23N3O. The third-order valence-corrected chi connectivity index (χ3v) is 4.33. The maximum Gasteiger partial charge on any atom is 0.240 e. The first-order valence-corrected chi connectivity index (χ1v) is 7.43. The SMILES string of the molecule is NC(c1ccn(CC(=O)NC2CCCC2)c1)C1CC1.